The standard InChI is InChI=1S/C14H12N2O2S/c15-14(18)11-2-1-3-12(8-11)16-13(17)5-4-10-6-7-19-9-10/h1-9H,(H2,15,18)(H,16,17)/b5-4+. The van der Waals surface area contributed by atoms with Crippen molar-refractivity contribution in [2.24, 2.45) is 5.73 Å². The molecule has 0 radical (unpaired) electrons. The second kappa shape index (κ2) is 5.97. The Balaban J connectivity index is 2.03. The molecule has 2 amide bonds. The molecule has 0 aliphatic carbocycles. The lowest BCUT2D eigenvalue weighted by atomic mass is 10.2. The summed E-state index contributed by atoms with van der Waals surface area (Å²) < 4.78 is 0. The predicted molar refractivity (Wildman–Crippen MR) is 76.9 cm³/mol. The molecule has 1 aromatic carbocycles. The van der Waals surface area contributed by atoms with Crippen molar-refractivity contribution in [2.75, 3.05) is 5.32 Å². The Hall–Kier alpha value is -2.40. The first-order valence-electron chi connectivity index (χ1n) is 5.56. The molecule has 2 aromatic rings. The van der Waals surface area contributed by atoms with Crippen LogP contribution in [0, 0.1) is 0 Å². The number of hydrogen-bond acceptors (Lipinski definition) is 3. The Bertz CT molecular complexity index is 618. The summed E-state index contributed by atoms with van der Waals surface area (Å²) in [6.45, 7) is 0. The van der Waals surface area contributed by atoms with Gasteiger partial charge >= 0.3 is 0 Å². The molecule has 0 aliphatic rings. The molecule has 2 rings (SSSR count). The van der Waals surface area contributed by atoms with Gasteiger partial charge in [-0.2, -0.15) is 11.3 Å². The van der Waals surface area contributed by atoms with Gasteiger partial charge in [-0.1, -0.05) is 6.07 Å². The van der Waals surface area contributed by atoms with Crippen LogP contribution in [0.2, 0.25) is 0 Å². The van der Waals surface area contributed by atoms with E-state index >= 15 is 0 Å². The fourth-order valence-electron chi connectivity index (χ4n) is 1.48. The molecule has 3 N–H and O–H groups in total. The molecular formula is C14H12N2O2S. The second-order valence-corrected chi connectivity index (χ2v) is 4.60. The Morgan fingerprint density at radius 1 is 1.26 bits per heavy atom. The number of nitrogens with one attached hydrogen (secondary N) is 1. The number of hydrogen-bond donors (Lipinski definition) is 2. The minimum Gasteiger partial charge on any atom is -0.366 e. The minimum atomic E-state index is -0.523. The Labute approximate surface area is 114 Å². The van der Waals surface area contributed by atoms with Gasteiger partial charge in [0.25, 0.3) is 0 Å². The molecule has 0 fully saturated rings. The number of primary amides is 1. The molecule has 0 saturated heterocycles. The normalized spacial score (nSPS) is 10.5. The van der Waals surface area contributed by atoms with E-state index in [1.54, 1.807) is 41.7 Å². The van der Waals surface area contributed by atoms with Crippen molar-refractivity contribution in [1.82, 2.24) is 0 Å². The molecule has 0 spiro atoms. The molecule has 96 valence electrons. The fraction of sp³-hybridized carbons (Fsp3) is 0. The zero-order valence-electron chi connectivity index (χ0n) is 10.00. The van der Waals surface area contributed by atoms with Gasteiger partial charge in [0.15, 0.2) is 0 Å². The Morgan fingerprint density at radius 2 is 2.11 bits per heavy atom. The van der Waals surface area contributed by atoms with E-state index in [9.17, 15) is 9.59 Å². The SMILES string of the molecule is NC(=O)c1cccc(NC(=O)/C=C/c2ccsc2)c1. The van der Waals surface area contributed by atoms with Crippen LogP contribution in [0.25, 0.3) is 6.08 Å². The van der Waals surface area contributed by atoms with E-state index in [-0.39, 0.29) is 5.91 Å². The van der Waals surface area contributed by atoms with Crippen LogP contribution < -0.4 is 11.1 Å². The Kier molecular flexibility index (Phi) is 4.10. The topological polar surface area (TPSA) is 72.2 Å². The van der Waals surface area contributed by atoms with Crippen LogP contribution >= 0.6 is 11.3 Å². The van der Waals surface area contributed by atoms with E-state index in [1.807, 2.05) is 16.8 Å². The van der Waals surface area contributed by atoms with Crippen LogP contribution in [0.1, 0.15) is 15.9 Å². The number of anilines is 1. The van der Waals surface area contributed by atoms with Crippen LogP contribution in [0.4, 0.5) is 5.69 Å². The molecule has 0 bridgehead atoms. The number of nitrogens with two attached hydrogens (primary N) is 1. The summed E-state index contributed by atoms with van der Waals surface area (Å²) in [7, 11) is 0. The molecule has 0 atom stereocenters. The third-order valence-electron chi connectivity index (χ3n) is 2.38. The number of amides is 2. The summed E-state index contributed by atoms with van der Waals surface area (Å²) in [5, 5.41) is 6.55. The minimum absolute atomic E-state index is 0.257. The van der Waals surface area contributed by atoms with E-state index in [4.69, 9.17) is 5.73 Å². The van der Waals surface area contributed by atoms with Crippen molar-refractivity contribution in [3.05, 3.63) is 58.3 Å². The first-order valence-corrected chi connectivity index (χ1v) is 6.50. The van der Waals surface area contributed by atoms with Crippen molar-refractivity contribution < 1.29 is 9.59 Å². The first kappa shape index (κ1) is 13.0. The van der Waals surface area contributed by atoms with E-state index in [1.165, 1.54) is 6.08 Å². The highest BCUT2D eigenvalue weighted by Gasteiger charge is 2.02. The van der Waals surface area contributed by atoms with Gasteiger partial charge in [0, 0.05) is 17.3 Å². The van der Waals surface area contributed by atoms with Crippen molar-refractivity contribution >= 4 is 34.9 Å². The maximum atomic E-state index is 11.7. The summed E-state index contributed by atoms with van der Waals surface area (Å²) >= 11 is 1.57. The molecule has 0 saturated carbocycles. The lowest BCUT2D eigenvalue weighted by Crippen LogP contribution is -2.12. The van der Waals surface area contributed by atoms with Crippen LogP contribution in [0.5, 0.6) is 0 Å². The van der Waals surface area contributed by atoms with Gasteiger partial charge < -0.3 is 11.1 Å². The highest BCUT2D eigenvalue weighted by molar-refractivity contribution is 7.08. The lowest BCUT2D eigenvalue weighted by molar-refractivity contribution is -0.111. The van der Waals surface area contributed by atoms with Crippen molar-refractivity contribution in [1.29, 1.82) is 0 Å². The lowest BCUT2D eigenvalue weighted by Gasteiger charge is -2.03. The van der Waals surface area contributed by atoms with Gasteiger partial charge in [0.1, 0.15) is 0 Å². The average molecular weight is 272 g/mol. The quantitative estimate of drug-likeness (QED) is 0.839. The molecular weight excluding hydrogens is 260 g/mol. The monoisotopic (exact) mass is 272 g/mol. The van der Waals surface area contributed by atoms with Crippen LogP contribution in [-0.4, -0.2) is 11.8 Å². The van der Waals surface area contributed by atoms with E-state index in [0.717, 1.165) is 5.56 Å². The first-order chi connectivity index (χ1) is 9.15. The molecule has 4 nitrogen and oxygen atoms in total. The van der Waals surface area contributed by atoms with Crippen molar-refractivity contribution in [2.45, 2.75) is 0 Å². The second-order valence-electron chi connectivity index (χ2n) is 3.82. The summed E-state index contributed by atoms with van der Waals surface area (Å²) in [6.07, 6.45) is 3.17. The molecule has 19 heavy (non-hydrogen) atoms. The molecule has 1 aromatic heterocycles. The zero-order valence-corrected chi connectivity index (χ0v) is 10.8. The van der Waals surface area contributed by atoms with Gasteiger partial charge in [-0.3, -0.25) is 9.59 Å². The maximum absolute atomic E-state index is 11.7. The number of carbonyl (C=O) groups excluding carboxylic acids is 2. The summed E-state index contributed by atoms with van der Waals surface area (Å²) in [6, 6.07) is 8.42. The fourth-order valence-corrected chi connectivity index (χ4v) is 2.10. The smallest absolute Gasteiger partial charge is 0.248 e. The summed E-state index contributed by atoms with van der Waals surface area (Å²) in [5.41, 5.74) is 7.05. The van der Waals surface area contributed by atoms with Gasteiger partial charge in [-0.25, -0.2) is 0 Å². The largest absolute Gasteiger partial charge is 0.366 e. The van der Waals surface area contributed by atoms with Gasteiger partial charge in [-0.05, 0) is 46.7 Å². The van der Waals surface area contributed by atoms with E-state index in [2.05, 4.69) is 5.32 Å². The van der Waals surface area contributed by atoms with Gasteiger partial charge in [-0.15, -0.1) is 0 Å². The number of rotatable bonds is 4. The van der Waals surface area contributed by atoms with Gasteiger partial charge in [0.2, 0.25) is 11.8 Å². The van der Waals surface area contributed by atoms with Crippen LogP contribution in [0.15, 0.2) is 47.2 Å². The van der Waals surface area contributed by atoms with Crippen molar-refractivity contribution in [3.63, 3.8) is 0 Å². The Morgan fingerprint density at radius 3 is 2.79 bits per heavy atom. The summed E-state index contributed by atoms with van der Waals surface area (Å²) in [4.78, 5) is 22.7. The third-order valence-corrected chi connectivity index (χ3v) is 3.09. The average Bonchev–Trinajstić information content (AvgIpc) is 2.90. The highest BCUT2D eigenvalue weighted by atomic mass is 32.1. The van der Waals surface area contributed by atoms with Gasteiger partial charge in [0.05, 0.1) is 0 Å². The number of carbonyl (C=O) groups is 2. The predicted octanol–water partition coefficient (Wildman–Crippen LogP) is 2.50. The third kappa shape index (κ3) is 3.79. The molecule has 0 unspecified atom stereocenters. The van der Waals surface area contributed by atoms with E-state index < -0.39 is 5.91 Å². The molecule has 1 heterocycles. The highest BCUT2D eigenvalue weighted by Crippen LogP contribution is 2.11. The summed E-state index contributed by atoms with van der Waals surface area (Å²) in [5.74, 6) is -0.780. The molecule has 0 aliphatic heterocycles. The zero-order chi connectivity index (χ0) is 13.7. The molecule has 5 heteroatoms. The van der Waals surface area contributed by atoms with Crippen LogP contribution in [-0.2, 0) is 4.79 Å². The maximum Gasteiger partial charge on any atom is 0.248 e. The number of benzene rings is 1. The van der Waals surface area contributed by atoms with Crippen molar-refractivity contribution in [3.8, 4) is 0 Å². The number of thiophene rings is 1. The van der Waals surface area contributed by atoms with E-state index in [0.29, 0.717) is 11.3 Å². The van der Waals surface area contributed by atoms with Crippen LogP contribution in [0.3, 0.4) is 0 Å².